The van der Waals surface area contributed by atoms with Gasteiger partial charge in [-0.25, -0.2) is 0 Å². The molecule has 0 spiro atoms. The average molecular weight is 174 g/mol. The van der Waals surface area contributed by atoms with E-state index in [1.807, 2.05) is 44.2 Å². The fourth-order valence-corrected chi connectivity index (χ4v) is 1.28. The van der Waals surface area contributed by atoms with Gasteiger partial charge in [-0.15, -0.1) is 6.42 Å². The number of aliphatic hydroxyl groups is 1. The van der Waals surface area contributed by atoms with Gasteiger partial charge in [0.05, 0.1) is 0 Å². The highest BCUT2D eigenvalue weighted by Gasteiger charge is 2.30. The highest BCUT2D eigenvalue weighted by Crippen LogP contribution is 2.28. The van der Waals surface area contributed by atoms with E-state index >= 15 is 0 Å². The lowest BCUT2D eigenvalue weighted by atomic mass is 9.84. The summed E-state index contributed by atoms with van der Waals surface area (Å²) < 4.78 is 0. The van der Waals surface area contributed by atoms with Crippen LogP contribution < -0.4 is 0 Å². The first-order valence-electron chi connectivity index (χ1n) is 4.37. The molecule has 0 saturated carbocycles. The van der Waals surface area contributed by atoms with E-state index in [1.54, 1.807) is 0 Å². The smallest absolute Gasteiger partial charge is 0.152 e. The van der Waals surface area contributed by atoms with Crippen molar-refractivity contribution in [3.63, 3.8) is 0 Å². The number of terminal acetylenes is 1. The maximum atomic E-state index is 10.1. The maximum Gasteiger partial charge on any atom is 0.152 e. The van der Waals surface area contributed by atoms with E-state index < -0.39 is 5.60 Å². The highest BCUT2D eigenvalue weighted by molar-refractivity contribution is 5.30. The molecule has 0 radical (unpaired) electrons. The van der Waals surface area contributed by atoms with Crippen molar-refractivity contribution in [2.24, 2.45) is 5.92 Å². The average Bonchev–Trinajstić information content (AvgIpc) is 2.17. The van der Waals surface area contributed by atoms with E-state index in [1.165, 1.54) is 0 Å². The number of benzene rings is 1. The van der Waals surface area contributed by atoms with Crippen LogP contribution in [0.3, 0.4) is 0 Å². The van der Waals surface area contributed by atoms with E-state index in [0.717, 1.165) is 5.56 Å². The van der Waals surface area contributed by atoms with Crippen LogP contribution in [0.1, 0.15) is 19.4 Å². The lowest BCUT2D eigenvalue weighted by Gasteiger charge is -2.26. The SMILES string of the molecule is C#C[C@](O)(c1ccccc1)C(C)C. The van der Waals surface area contributed by atoms with Crippen molar-refractivity contribution in [1.82, 2.24) is 0 Å². The van der Waals surface area contributed by atoms with Crippen molar-refractivity contribution < 1.29 is 5.11 Å². The van der Waals surface area contributed by atoms with Gasteiger partial charge >= 0.3 is 0 Å². The van der Waals surface area contributed by atoms with Gasteiger partial charge in [-0.3, -0.25) is 0 Å². The third-order valence-electron chi connectivity index (χ3n) is 2.27. The molecule has 0 aliphatic heterocycles. The topological polar surface area (TPSA) is 20.2 Å². The lowest BCUT2D eigenvalue weighted by molar-refractivity contribution is 0.0505. The van der Waals surface area contributed by atoms with Crippen LogP contribution in [0.15, 0.2) is 30.3 Å². The molecule has 1 nitrogen and oxygen atoms in total. The van der Waals surface area contributed by atoms with Crippen LogP contribution in [-0.4, -0.2) is 5.11 Å². The Morgan fingerprint density at radius 2 is 1.85 bits per heavy atom. The first-order chi connectivity index (χ1) is 6.11. The molecule has 0 heterocycles. The quantitative estimate of drug-likeness (QED) is 0.681. The van der Waals surface area contributed by atoms with Gasteiger partial charge in [-0.2, -0.15) is 0 Å². The van der Waals surface area contributed by atoms with Crippen molar-refractivity contribution in [2.75, 3.05) is 0 Å². The summed E-state index contributed by atoms with van der Waals surface area (Å²) in [5.41, 5.74) is -0.353. The summed E-state index contributed by atoms with van der Waals surface area (Å²) in [4.78, 5) is 0. The summed E-state index contributed by atoms with van der Waals surface area (Å²) >= 11 is 0. The van der Waals surface area contributed by atoms with Crippen molar-refractivity contribution >= 4 is 0 Å². The lowest BCUT2D eigenvalue weighted by Crippen LogP contribution is -2.29. The van der Waals surface area contributed by atoms with Gasteiger partial charge in [0.15, 0.2) is 5.60 Å². The number of hydrogen-bond acceptors (Lipinski definition) is 1. The minimum atomic E-state index is -1.14. The molecule has 1 aromatic carbocycles. The Bertz CT molecular complexity index is 308. The van der Waals surface area contributed by atoms with Crippen molar-refractivity contribution in [3.05, 3.63) is 35.9 Å². The number of hydrogen-bond donors (Lipinski definition) is 1. The van der Waals surface area contributed by atoms with Gasteiger partial charge in [0, 0.05) is 0 Å². The van der Waals surface area contributed by atoms with Gasteiger partial charge in [0.25, 0.3) is 0 Å². The Labute approximate surface area is 79.4 Å². The standard InChI is InChI=1S/C12H14O/c1-4-12(13,10(2)3)11-8-6-5-7-9-11/h1,5-10,13H,2-3H3/t12-/m1/s1. The Morgan fingerprint density at radius 1 is 1.31 bits per heavy atom. The van der Waals surface area contributed by atoms with E-state index in [4.69, 9.17) is 6.42 Å². The molecule has 1 aromatic rings. The summed E-state index contributed by atoms with van der Waals surface area (Å²) in [6.07, 6.45) is 5.34. The second kappa shape index (κ2) is 3.64. The molecule has 0 fully saturated rings. The zero-order valence-electron chi connectivity index (χ0n) is 7.99. The molecule has 0 amide bonds. The second-order valence-corrected chi connectivity index (χ2v) is 3.43. The van der Waals surface area contributed by atoms with Crippen molar-refractivity contribution in [3.8, 4) is 12.3 Å². The predicted molar refractivity (Wildman–Crippen MR) is 54.0 cm³/mol. The van der Waals surface area contributed by atoms with E-state index in [-0.39, 0.29) is 5.92 Å². The Kier molecular flexibility index (Phi) is 2.75. The summed E-state index contributed by atoms with van der Waals surface area (Å²) in [5, 5.41) is 10.1. The molecule has 0 unspecified atom stereocenters. The molecule has 0 aliphatic rings. The first-order valence-corrected chi connectivity index (χ1v) is 4.37. The third-order valence-corrected chi connectivity index (χ3v) is 2.27. The van der Waals surface area contributed by atoms with Gasteiger partial charge in [0.1, 0.15) is 0 Å². The van der Waals surface area contributed by atoms with Gasteiger partial charge in [-0.05, 0) is 11.5 Å². The summed E-state index contributed by atoms with van der Waals surface area (Å²) in [6, 6.07) is 9.35. The van der Waals surface area contributed by atoms with E-state index in [2.05, 4.69) is 5.92 Å². The molecule has 1 heteroatoms. The van der Waals surface area contributed by atoms with E-state index in [9.17, 15) is 5.11 Å². The van der Waals surface area contributed by atoms with Gasteiger partial charge in [0.2, 0.25) is 0 Å². The van der Waals surface area contributed by atoms with Crippen LogP contribution in [0.2, 0.25) is 0 Å². The molecule has 0 bridgehead atoms. The monoisotopic (exact) mass is 174 g/mol. The van der Waals surface area contributed by atoms with Crippen LogP contribution in [0, 0.1) is 18.3 Å². The summed E-state index contributed by atoms with van der Waals surface area (Å²) in [6.45, 7) is 3.82. The van der Waals surface area contributed by atoms with E-state index in [0.29, 0.717) is 0 Å². The van der Waals surface area contributed by atoms with Crippen molar-refractivity contribution in [1.29, 1.82) is 0 Å². The summed E-state index contributed by atoms with van der Waals surface area (Å²) in [7, 11) is 0. The molecule has 0 aromatic heterocycles. The van der Waals surface area contributed by atoms with Crippen LogP contribution in [0.5, 0.6) is 0 Å². The van der Waals surface area contributed by atoms with Crippen LogP contribution in [-0.2, 0) is 5.60 Å². The normalized spacial score (nSPS) is 15.0. The molecular formula is C12H14O. The maximum absolute atomic E-state index is 10.1. The molecule has 1 N–H and O–H groups in total. The second-order valence-electron chi connectivity index (χ2n) is 3.43. The van der Waals surface area contributed by atoms with Crippen LogP contribution in [0.25, 0.3) is 0 Å². The highest BCUT2D eigenvalue weighted by atomic mass is 16.3. The largest absolute Gasteiger partial charge is 0.373 e. The summed E-state index contributed by atoms with van der Waals surface area (Å²) in [5.74, 6) is 2.46. The molecule has 1 rings (SSSR count). The molecule has 13 heavy (non-hydrogen) atoms. The molecule has 1 atom stereocenters. The minimum absolute atomic E-state index is 0.0138. The Hall–Kier alpha value is -1.26. The van der Waals surface area contributed by atoms with Crippen LogP contribution in [0.4, 0.5) is 0 Å². The minimum Gasteiger partial charge on any atom is -0.373 e. The zero-order chi connectivity index (χ0) is 9.90. The Morgan fingerprint density at radius 3 is 2.23 bits per heavy atom. The van der Waals surface area contributed by atoms with Crippen LogP contribution >= 0.6 is 0 Å². The molecule has 68 valence electrons. The van der Waals surface area contributed by atoms with Crippen molar-refractivity contribution in [2.45, 2.75) is 19.4 Å². The Balaban J connectivity index is 3.13. The fraction of sp³-hybridized carbons (Fsp3) is 0.333. The number of rotatable bonds is 2. The fourth-order valence-electron chi connectivity index (χ4n) is 1.28. The first kappa shape index (κ1) is 9.83. The van der Waals surface area contributed by atoms with Gasteiger partial charge in [-0.1, -0.05) is 50.1 Å². The van der Waals surface area contributed by atoms with Gasteiger partial charge < -0.3 is 5.11 Å². The molecular weight excluding hydrogens is 160 g/mol. The molecule has 0 saturated heterocycles. The zero-order valence-corrected chi connectivity index (χ0v) is 7.99. The third kappa shape index (κ3) is 1.74. The predicted octanol–water partition coefficient (Wildman–Crippen LogP) is 2.16. The molecule has 0 aliphatic carbocycles.